The number of carbonyl (C=O) groups is 2. The van der Waals surface area contributed by atoms with E-state index in [4.69, 9.17) is 5.73 Å². The third kappa shape index (κ3) is 2.94. The Morgan fingerprint density at radius 1 is 1.00 bits per heavy atom. The van der Waals surface area contributed by atoms with E-state index in [2.05, 4.69) is 17.4 Å². The van der Waals surface area contributed by atoms with E-state index in [1.165, 1.54) is 24.8 Å². The molecule has 2 amide bonds. The highest BCUT2D eigenvalue weighted by Gasteiger charge is 2.32. The molecule has 0 aromatic heterocycles. The predicted molar refractivity (Wildman–Crippen MR) is 80.8 cm³/mol. The van der Waals surface area contributed by atoms with Gasteiger partial charge >= 0.3 is 0 Å². The minimum absolute atomic E-state index is 0.103. The summed E-state index contributed by atoms with van der Waals surface area (Å²) in [6, 6.07) is 7.77. The second-order valence-electron chi connectivity index (χ2n) is 6.27. The Morgan fingerprint density at radius 2 is 1.67 bits per heavy atom. The number of benzene rings is 1. The standard InChI is InChI=1S/C17H22N2O2/c18-16(20)14-5-2-6-15(14)19-17(21)13-9-7-12(8-10-13)11-3-1-4-11/h7-11,14-15H,1-6H2,(H2,18,20)(H,19,21). The highest BCUT2D eigenvalue weighted by Crippen LogP contribution is 2.36. The smallest absolute Gasteiger partial charge is 0.251 e. The molecule has 4 heteroatoms. The lowest BCUT2D eigenvalue weighted by atomic mass is 9.80. The summed E-state index contributed by atoms with van der Waals surface area (Å²) in [7, 11) is 0. The van der Waals surface area contributed by atoms with Crippen LogP contribution in [0.1, 0.15) is 60.4 Å². The van der Waals surface area contributed by atoms with Crippen molar-refractivity contribution in [3.8, 4) is 0 Å². The van der Waals surface area contributed by atoms with Gasteiger partial charge in [0, 0.05) is 11.6 Å². The van der Waals surface area contributed by atoms with Crippen LogP contribution in [0.25, 0.3) is 0 Å². The second-order valence-corrected chi connectivity index (χ2v) is 6.27. The Bertz CT molecular complexity index is 534. The summed E-state index contributed by atoms with van der Waals surface area (Å²) in [5.74, 6) is 0.0471. The zero-order chi connectivity index (χ0) is 14.8. The molecule has 0 saturated heterocycles. The second kappa shape index (κ2) is 5.88. The van der Waals surface area contributed by atoms with E-state index in [-0.39, 0.29) is 23.8 Å². The molecule has 2 aliphatic rings. The number of hydrogen-bond acceptors (Lipinski definition) is 2. The molecule has 21 heavy (non-hydrogen) atoms. The first-order valence-electron chi connectivity index (χ1n) is 7.85. The molecule has 2 fully saturated rings. The van der Waals surface area contributed by atoms with Crippen molar-refractivity contribution in [2.75, 3.05) is 0 Å². The Hall–Kier alpha value is -1.84. The largest absolute Gasteiger partial charge is 0.369 e. The van der Waals surface area contributed by atoms with Gasteiger partial charge in [0.2, 0.25) is 5.91 Å². The molecular weight excluding hydrogens is 264 g/mol. The molecule has 4 nitrogen and oxygen atoms in total. The molecule has 0 aliphatic heterocycles. The number of amides is 2. The highest BCUT2D eigenvalue weighted by atomic mass is 16.2. The van der Waals surface area contributed by atoms with Crippen LogP contribution in [0.4, 0.5) is 0 Å². The van der Waals surface area contributed by atoms with E-state index in [1.54, 1.807) is 0 Å². The summed E-state index contributed by atoms with van der Waals surface area (Å²) in [6.07, 6.45) is 6.38. The molecule has 112 valence electrons. The van der Waals surface area contributed by atoms with Crippen LogP contribution < -0.4 is 11.1 Å². The van der Waals surface area contributed by atoms with E-state index < -0.39 is 0 Å². The maximum absolute atomic E-state index is 12.3. The van der Waals surface area contributed by atoms with Crippen molar-refractivity contribution in [1.29, 1.82) is 0 Å². The Balaban J connectivity index is 1.63. The number of carbonyl (C=O) groups excluding carboxylic acids is 2. The van der Waals surface area contributed by atoms with Crippen molar-refractivity contribution in [2.45, 2.75) is 50.5 Å². The molecule has 3 rings (SSSR count). The van der Waals surface area contributed by atoms with Crippen LogP contribution in [0, 0.1) is 5.92 Å². The lowest BCUT2D eigenvalue weighted by Crippen LogP contribution is -2.42. The Kier molecular flexibility index (Phi) is 3.95. The van der Waals surface area contributed by atoms with Gasteiger partial charge in [-0.25, -0.2) is 0 Å². The summed E-state index contributed by atoms with van der Waals surface area (Å²) in [5.41, 5.74) is 7.38. The van der Waals surface area contributed by atoms with Crippen LogP contribution in [0.3, 0.4) is 0 Å². The molecule has 0 radical (unpaired) electrons. The van der Waals surface area contributed by atoms with Crippen LogP contribution in [-0.2, 0) is 4.79 Å². The quantitative estimate of drug-likeness (QED) is 0.891. The molecule has 2 atom stereocenters. The van der Waals surface area contributed by atoms with Crippen LogP contribution >= 0.6 is 0 Å². The van der Waals surface area contributed by atoms with E-state index in [1.807, 2.05) is 12.1 Å². The van der Waals surface area contributed by atoms with Crippen LogP contribution in [-0.4, -0.2) is 17.9 Å². The first-order valence-corrected chi connectivity index (χ1v) is 7.85. The van der Waals surface area contributed by atoms with Gasteiger partial charge in [0.05, 0.1) is 5.92 Å². The zero-order valence-corrected chi connectivity index (χ0v) is 12.2. The van der Waals surface area contributed by atoms with Gasteiger partial charge in [-0.2, -0.15) is 0 Å². The first-order chi connectivity index (χ1) is 10.1. The molecule has 0 spiro atoms. The number of primary amides is 1. The number of rotatable bonds is 4. The third-order valence-electron chi connectivity index (χ3n) is 4.95. The van der Waals surface area contributed by atoms with Gasteiger partial charge in [0.25, 0.3) is 5.91 Å². The molecule has 0 heterocycles. The van der Waals surface area contributed by atoms with Gasteiger partial charge in [0.15, 0.2) is 0 Å². The average molecular weight is 286 g/mol. The van der Waals surface area contributed by atoms with Crippen LogP contribution in [0.5, 0.6) is 0 Å². The zero-order valence-electron chi connectivity index (χ0n) is 12.2. The van der Waals surface area contributed by atoms with Crippen molar-refractivity contribution in [3.63, 3.8) is 0 Å². The van der Waals surface area contributed by atoms with Crippen molar-refractivity contribution >= 4 is 11.8 Å². The summed E-state index contributed by atoms with van der Waals surface area (Å²) in [5, 5.41) is 2.96. The van der Waals surface area contributed by atoms with Gasteiger partial charge in [0.1, 0.15) is 0 Å². The minimum atomic E-state index is -0.307. The third-order valence-corrected chi connectivity index (χ3v) is 4.95. The minimum Gasteiger partial charge on any atom is -0.369 e. The lowest BCUT2D eigenvalue weighted by Gasteiger charge is -2.25. The van der Waals surface area contributed by atoms with E-state index in [0.717, 1.165) is 19.3 Å². The SMILES string of the molecule is NC(=O)C1CCCC1NC(=O)c1ccc(C2CCC2)cc1. The fourth-order valence-electron chi connectivity index (χ4n) is 3.37. The summed E-state index contributed by atoms with van der Waals surface area (Å²) < 4.78 is 0. The lowest BCUT2D eigenvalue weighted by molar-refractivity contribution is -0.122. The van der Waals surface area contributed by atoms with Crippen LogP contribution in [0.15, 0.2) is 24.3 Å². The molecule has 2 unspecified atom stereocenters. The van der Waals surface area contributed by atoms with Crippen molar-refractivity contribution in [3.05, 3.63) is 35.4 Å². The van der Waals surface area contributed by atoms with Gasteiger partial charge in [-0.3, -0.25) is 9.59 Å². The molecule has 2 aliphatic carbocycles. The fraction of sp³-hybridized carbons (Fsp3) is 0.529. The van der Waals surface area contributed by atoms with E-state index in [0.29, 0.717) is 11.5 Å². The van der Waals surface area contributed by atoms with Gasteiger partial charge in [-0.05, 0) is 49.3 Å². The summed E-state index contributed by atoms with van der Waals surface area (Å²) in [6.45, 7) is 0. The normalized spacial score (nSPS) is 25.3. The molecule has 3 N–H and O–H groups in total. The van der Waals surface area contributed by atoms with Crippen molar-refractivity contribution < 1.29 is 9.59 Å². The fourth-order valence-corrected chi connectivity index (χ4v) is 3.37. The molecule has 1 aromatic carbocycles. The topological polar surface area (TPSA) is 72.2 Å². The summed E-state index contributed by atoms with van der Waals surface area (Å²) in [4.78, 5) is 23.6. The monoisotopic (exact) mass is 286 g/mol. The van der Waals surface area contributed by atoms with Gasteiger partial charge in [-0.15, -0.1) is 0 Å². The Labute approximate surface area is 125 Å². The maximum Gasteiger partial charge on any atom is 0.251 e. The van der Waals surface area contributed by atoms with Crippen molar-refractivity contribution in [2.24, 2.45) is 11.7 Å². The predicted octanol–water partition coefficient (Wildman–Crippen LogP) is 2.34. The average Bonchev–Trinajstić information content (AvgIpc) is 2.86. The number of nitrogens with one attached hydrogen (secondary N) is 1. The number of nitrogens with two attached hydrogens (primary N) is 1. The molecule has 2 saturated carbocycles. The molecular formula is C17H22N2O2. The maximum atomic E-state index is 12.3. The summed E-state index contributed by atoms with van der Waals surface area (Å²) >= 11 is 0. The van der Waals surface area contributed by atoms with Crippen LogP contribution in [0.2, 0.25) is 0 Å². The molecule has 1 aromatic rings. The van der Waals surface area contributed by atoms with Gasteiger partial charge < -0.3 is 11.1 Å². The van der Waals surface area contributed by atoms with E-state index in [9.17, 15) is 9.59 Å². The highest BCUT2D eigenvalue weighted by molar-refractivity contribution is 5.94. The van der Waals surface area contributed by atoms with Gasteiger partial charge in [-0.1, -0.05) is 25.0 Å². The number of hydrogen-bond donors (Lipinski definition) is 2. The van der Waals surface area contributed by atoms with E-state index >= 15 is 0 Å². The Morgan fingerprint density at radius 3 is 2.24 bits per heavy atom. The first kappa shape index (κ1) is 14.1. The van der Waals surface area contributed by atoms with Crippen molar-refractivity contribution in [1.82, 2.24) is 5.32 Å². The molecule has 0 bridgehead atoms.